The van der Waals surface area contributed by atoms with Crippen LogP contribution in [0.4, 0.5) is 0 Å². The molecule has 1 aliphatic heterocycles. The van der Waals surface area contributed by atoms with Crippen LogP contribution in [-0.4, -0.2) is 46.6 Å². The predicted molar refractivity (Wildman–Crippen MR) is 91.3 cm³/mol. The monoisotopic (exact) mass is 330 g/mol. The molecule has 5 heteroatoms. The second-order valence-electron chi connectivity index (χ2n) is 7.08. The fourth-order valence-electron chi connectivity index (χ4n) is 3.58. The van der Waals surface area contributed by atoms with Gasteiger partial charge >= 0.3 is 0 Å². The third-order valence-electron chi connectivity index (χ3n) is 5.26. The van der Waals surface area contributed by atoms with E-state index in [4.69, 9.17) is 0 Å². The molecule has 2 N–H and O–H groups in total. The van der Waals surface area contributed by atoms with E-state index in [1.165, 1.54) is 5.56 Å². The first-order valence-corrected chi connectivity index (χ1v) is 8.83. The van der Waals surface area contributed by atoms with Gasteiger partial charge in [0.05, 0.1) is 6.10 Å². The van der Waals surface area contributed by atoms with Crippen molar-refractivity contribution in [2.24, 2.45) is 5.92 Å². The van der Waals surface area contributed by atoms with Gasteiger partial charge < -0.3 is 15.3 Å². The zero-order valence-corrected chi connectivity index (χ0v) is 14.3. The molecule has 3 rings (SSSR count). The number of hydrogen-bond acceptors (Lipinski definition) is 3. The Morgan fingerprint density at radius 3 is 2.46 bits per heavy atom. The van der Waals surface area contributed by atoms with Crippen molar-refractivity contribution in [1.82, 2.24) is 10.2 Å². The van der Waals surface area contributed by atoms with Gasteiger partial charge in [-0.2, -0.15) is 0 Å². The lowest BCUT2D eigenvalue weighted by Crippen LogP contribution is -2.55. The molecule has 0 spiro atoms. The molecule has 5 nitrogen and oxygen atoms in total. The largest absolute Gasteiger partial charge is 0.391 e. The molecule has 1 heterocycles. The molecule has 0 bridgehead atoms. The van der Waals surface area contributed by atoms with E-state index in [0.717, 1.165) is 19.3 Å². The quantitative estimate of drug-likeness (QED) is 0.863. The molecule has 4 unspecified atom stereocenters. The Morgan fingerprint density at radius 2 is 1.88 bits per heavy atom. The summed E-state index contributed by atoms with van der Waals surface area (Å²) in [5.74, 6) is 0.0293. The molecule has 1 aromatic carbocycles. The van der Waals surface area contributed by atoms with Crippen molar-refractivity contribution in [1.29, 1.82) is 0 Å². The van der Waals surface area contributed by atoms with Crippen LogP contribution in [0.25, 0.3) is 0 Å². The Labute approximate surface area is 143 Å². The van der Waals surface area contributed by atoms with Crippen molar-refractivity contribution in [3.8, 4) is 0 Å². The van der Waals surface area contributed by atoms with Gasteiger partial charge in [0.1, 0.15) is 6.04 Å². The number of aliphatic hydroxyl groups is 1. The van der Waals surface area contributed by atoms with Crippen molar-refractivity contribution in [3.63, 3.8) is 0 Å². The number of rotatable bonds is 5. The number of benzene rings is 1. The summed E-state index contributed by atoms with van der Waals surface area (Å²) < 4.78 is 0. The summed E-state index contributed by atoms with van der Waals surface area (Å²) in [5, 5.41) is 12.8. The molecule has 4 atom stereocenters. The van der Waals surface area contributed by atoms with Gasteiger partial charge in [0.25, 0.3) is 0 Å². The molecule has 1 aromatic rings. The Morgan fingerprint density at radius 1 is 1.21 bits per heavy atom. The highest BCUT2D eigenvalue weighted by Crippen LogP contribution is 2.34. The van der Waals surface area contributed by atoms with Crippen molar-refractivity contribution in [3.05, 3.63) is 35.9 Å². The summed E-state index contributed by atoms with van der Waals surface area (Å²) >= 11 is 0. The molecule has 2 amide bonds. The highest BCUT2D eigenvalue weighted by molar-refractivity contribution is 5.90. The molecule has 1 saturated heterocycles. The van der Waals surface area contributed by atoms with Crippen LogP contribution in [0.2, 0.25) is 0 Å². The van der Waals surface area contributed by atoms with E-state index in [2.05, 4.69) is 17.4 Å². The van der Waals surface area contributed by atoms with Crippen LogP contribution in [-0.2, 0) is 9.59 Å². The second kappa shape index (κ2) is 6.93. The van der Waals surface area contributed by atoms with Crippen molar-refractivity contribution >= 4 is 11.8 Å². The zero-order valence-electron chi connectivity index (χ0n) is 14.3. The first kappa shape index (κ1) is 17.0. The predicted octanol–water partition coefficient (Wildman–Crippen LogP) is 1.67. The molecule has 2 fully saturated rings. The molecular weight excluding hydrogens is 304 g/mol. The van der Waals surface area contributed by atoms with E-state index < -0.39 is 12.1 Å². The number of carbonyl (C=O) groups excluding carboxylic acids is 2. The first-order chi connectivity index (χ1) is 11.5. The van der Waals surface area contributed by atoms with Gasteiger partial charge in [0.15, 0.2) is 0 Å². The Balaban J connectivity index is 1.69. The van der Waals surface area contributed by atoms with E-state index in [1.54, 1.807) is 6.92 Å². The second-order valence-corrected chi connectivity index (χ2v) is 7.08. The van der Waals surface area contributed by atoms with E-state index in [0.29, 0.717) is 12.5 Å². The molecular formula is C19H26N2O3. The van der Waals surface area contributed by atoms with Gasteiger partial charge in [-0.05, 0) is 38.7 Å². The maximum atomic E-state index is 12.9. The van der Waals surface area contributed by atoms with Crippen LogP contribution in [0.3, 0.4) is 0 Å². The van der Waals surface area contributed by atoms with Crippen LogP contribution in [0.15, 0.2) is 30.3 Å². The standard InChI is InChI=1S/C19H26N2O3/c1-12-16(14-6-4-3-5-7-14)10-11-21(12)19(24)17(13(2)22)20-18(23)15-8-9-15/h3-7,12-13,15-17,22H,8-11H2,1-2H3,(H,20,23). The molecule has 130 valence electrons. The van der Waals surface area contributed by atoms with Gasteiger partial charge in [-0.3, -0.25) is 9.59 Å². The van der Waals surface area contributed by atoms with E-state index in [9.17, 15) is 14.7 Å². The topological polar surface area (TPSA) is 69.6 Å². The third-order valence-corrected chi connectivity index (χ3v) is 5.26. The summed E-state index contributed by atoms with van der Waals surface area (Å²) in [5.41, 5.74) is 1.23. The fourth-order valence-corrected chi connectivity index (χ4v) is 3.58. The first-order valence-electron chi connectivity index (χ1n) is 8.83. The summed E-state index contributed by atoms with van der Waals surface area (Å²) in [6.07, 6.45) is 1.76. The minimum absolute atomic E-state index is 0.0205. The Bertz CT molecular complexity index is 598. The number of amides is 2. The van der Waals surface area contributed by atoms with E-state index in [1.807, 2.05) is 30.0 Å². The minimum Gasteiger partial charge on any atom is -0.391 e. The van der Waals surface area contributed by atoms with Gasteiger partial charge in [-0.15, -0.1) is 0 Å². The van der Waals surface area contributed by atoms with Crippen LogP contribution >= 0.6 is 0 Å². The fraction of sp³-hybridized carbons (Fsp3) is 0.579. The number of likely N-dealkylation sites (tertiary alicyclic amines) is 1. The average Bonchev–Trinajstić information content (AvgIpc) is 3.35. The number of carbonyl (C=O) groups is 2. The smallest absolute Gasteiger partial charge is 0.248 e. The Hall–Kier alpha value is -1.88. The summed E-state index contributed by atoms with van der Waals surface area (Å²) in [6, 6.07) is 9.41. The van der Waals surface area contributed by atoms with E-state index in [-0.39, 0.29) is 23.8 Å². The van der Waals surface area contributed by atoms with Crippen molar-refractivity contribution < 1.29 is 14.7 Å². The normalized spacial score (nSPS) is 26.0. The van der Waals surface area contributed by atoms with Crippen LogP contribution in [0, 0.1) is 5.92 Å². The van der Waals surface area contributed by atoms with Crippen LogP contribution in [0.1, 0.15) is 44.6 Å². The lowest BCUT2D eigenvalue weighted by atomic mass is 9.93. The van der Waals surface area contributed by atoms with Gasteiger partial charge in [0.2, 0.25) is 11.8 Å². The number of hydrogen-bond donors (Lipinski definition) is 2. The van der Waals surface area contributed by atoms with Gasteiger partial charge in [-0.1, -0.05) is 30.3 Å². The number of nitrogens with zero attached hydrogens (tertiary/aromatic N) is 1. The molecule has 1 saturated carbocycles. The van der Waals surface area contributed by atoms with Crippen molar-refractivity contribution in [2.45, 2.75) is 57.2 Å². The number of aliphatic hydroxyl groups excluding tert-OH is 1. The summed E-state index contributed by atoms with van der Waals surface area (Å²) in [7, 11) is 0. The molecule has 1 aliphatic carbocycles. The average molecular weight is 330 g/mol. The molecule has 24 heavy (non-hydrogen) atoms. The highest BCUT2D eigenvalue weighted by Gasteiger charge is 2.40. The third kappa shape index (κ3) is 3.46. The van der Waals surface area contributed by atoms with Crippen LogP contribution < -0.4 is 5.32 Å². The maximum absolute atomic E-state index is 12.9. The Kier molecular flexibility index (Phi) is 4.90. The minimum atomic E-state index is -0.900. The zero-order chi connectivity index (χ0) is 17.3. The highest BCUT2D eigenvalue weighted by atomic mass is 16.3. The lowest BCUT2D eigenvalue weighted by molar-refractivity contribution is -0.140. The molecule has 0 aromatic heterocycles. The van der Waals surface area contributed by atoms with Crippen molar-refractivity contribution in [2.75, 3.05) is 6.54 Å². The number of nitrogens with one attached hydrogen (secondary N) is 1. The van der Waals surface area contributed by atoms with Gasteiger partial charge in [-0.25, -0.2) is 0 Å². The maximum Gasteiger partial charge on any atom is 0.248 e. The summed E-state index contributed by atoms with van der Waals surface area (Å²) in [6.45, 7) is 4.26. The SMILES string of the molecule is CC(O)C(NC(=O)C1CC1)C(=O)N1CCC(c2ccccc2)C1C. The lowest BCUT2D eigenvalue weighted by Gasteiger charge is -2.30. The van der Waals surface area contributed by atoms with E-state index >= 15 is 0 Å². The molecule has 2 aliphatic rings. The van der Waals surface area contributed by atoms with Crippen LogP contribution in [0.5, 0.6) is 0 Å². The van der Waals surface area contributed by atoms with Gasteiger partial charge in [0, 0.05) is 24.4 Å². The molecule has 0 radical (unpaired) electrons. The summed E-state index contributed by atoms with van der Waals surface area (Å²) in [4.78, 5) is 26.7.